The standard InChI is InChI=1S/C11H13N5.ClH/c12-10(13)15-11(14)16-6-5-8-3-1-2-4-9(8)7-16;/h1-6H,7H2,(H5,12,13,14,15);1H. The van der Waals surface area contributed by atoms with Gasteiger partial charge in [0.2, 0.25) is 5.96 Å². The fraction of sp³-hybridized carbons (Fsp3) is 0.0909. The Bertz CT molecular complexity index is 477. The minimum atomic E-state index is -0.0998. The number of hydrogen-bond acceptors (Lipinski definition) is 1. The molecule has 0 aromatic heterocycles. The quantitative estimate of drug-likeness (QED) is 0.476. The zero-order valence-electron chi connectivity index (χ0n) is 9.13. The third-order valence-electron chi connectivity index (χ3n) is 2.34. The first-order valence-corrected chi connectivity index (χ1v) is 4.88. The van der Waals surface area contributed by atoms with E-state index >= 15 is 0 Å². The van der Waals surface area contributed by atoms with Crippen LogP contribution >= 0.6 is 12.4 Å². The third-order valence-corrected chi connectivity index (χ3v) is 2.34. The summed E-state index contributed by atoms with van der Waals surface area (Å²) in [5.41, 5.74) is 12.8. The first kappa shape index (κ1) is 13.1. The van der Waals surface area contributed by atoms with Crippen molar-refractivity contribution in [3.8, 4) is 0 Å². The Morgan fingerprint density at radius 3 is 2.71 bits per heavy atom. The summed E-state index contributed by atoms with van der Waals surface area (Å²) in [6.07, 6.45) is 3.74. The van der Waals surface area contributed by atoms with Gasteiger partial charge in [0.15, 0.2) is 5.96 Å². The maximum absolute atomic E-state index is 7.68. The van der Waals surface area contributed by atoms with Gasteiger partial charge in [-0.15, -0.1) is 12.4 Å². The number of guanidine groups is 2. The molecule has 1 heterocycles. The highest BCUT2D eigenvalue weighted by atomic mass is 35.5. The van der Waals surface area contributed by atoms with Crippen molar-refractivity contribution >= 4 is 30.4 Å². The smallest absolute Gasteiger partial charge is 0.225 e. The molecule has 0 atom stereocenters. The molecule has 0 saturated heterocycles. The lowest BCUT2D eigenvalue weighted by Gasteiger charge is -2.23. The number of nitrogens with zero attached hydrogens (tertiary/aromatic N) is 2. The normalized spacial score (nSPS) is 12.4. The molecule has 6 heteroatoms. The van der Waals surface area contributed by atoms with Gasteiger partial charge in [-0.3, -0.25) is 5.41 Å². The first-order valence-electron chi connectivity index (χ1n) is 4.88. The summed E-state index contributed by atoms with van der Waals surface area (Å²) in [7, 11) is 0. The van der Waals surface area contributed by atoms with Crippen LogP contribution in [0, 0.1) is 5.41 Å². The molecule has 1 aromatic carbocycles. The predicted octanol–water partition coefficient (Wildman–Crippen LogP) is 1.10. The van der Waals surface area contributed by atoms with Crippen LogP contribution in [0.15, 0.2) is 35.5 Å². The number of fused-ring (bicyclic) bond motifs is 1. The fourth-order valence-corrected chi connectivity index (χ4v) is 1.58. The average Bonchev–Trinajstić information content (AvgIpc) is 2.27. The van der Waals surface area contributed by atoms with E-state index in [2.05, 4.69) is 4.99 Å². The topological polar surface area (TPSA) is 91.5 Å². The molecule has 17 heavy (non-hydrogen) atoms. The Kier molecular flexibility index (Phi) is 4.12. The Labute approximate surface area is 106 Å². The highest BCUT2D eigenvalue weighted by Gasteiger charge is 2.12. The molecule has 0 radical (unpaired) electrons. The number of rotatable bonds is 0. The van der Waals surface area contributed by atoms with Gasteiger partial charge in [-0.1, -0.05) is 24.3 Å². The molecular formula is C11H14ClN5. The molecule has 0 amide bonds. The number of nitrogens with two attached hydrogens (primary N) is 2. The van der Waals surface area contributed by atoms with Crippen LogP contribution < -0.4 is 11.5 Å². The van der Waals surface area contributed by atoms with Gasteiger partial charge in [-0.25, -0.2) is 0 Å². The van der Waals surface area contributed by atoms with Crippen LogP contribution in [0.5, 0.6) is 0 Å². The number of aliphatic imine (C=N–C) groups is 1. The molecule has 0 saturated carbocycles. The molecule has 90 valence electrons. The molecule has 1 aromatic rings. The zero-order chi connectivity index (χ0) is 11.5. The molecule has 2 rings (SSSR count). The Hall–Kier alpha value is -2.01. The van der Waals surface area contributed by atoms with Crippen molar-refractivity contribution in [2.45, 2.75) is 6.54 Å². The molecule has 0 aliphatic carbocycles. The maximum Gasteiger partial charge on any atom is 0.225 e. The molecule has 5 nitrogen and oxygen atoms in total. The van der Waals surface area contributed by atoms with Crippen LogP contribution in [-0.2, 0) is 6.54 Å². The molecule has 1 aliphatic rings. The van der Waals surface area contributed by atoms with Crippen LogP contribution in [0.3, 0.4) is 0 Å². The number of nitrogens with one attached hydrogen (secondary N) is 1. The molecular weight excluding hydrogens is 238 g/mol. The molecule has 0 spiro atoms. The van der Waals surface area contributed by atoms with E-state index < -0.39 is 0 Å². The Morgan fingerprint density at radius 2 is 2.00 bits per heavy atom. The van der Waals surface area contributed by atoms with E-state index in [1.54, 1.807) is 11.1 Å². The number of halogens is 1. The summed E-state index contributed by atoms with van der Waals surface area (Å²) in [4.78, 5) is 5.39. The highest BCUT2D eigenvalue weighted by molar-refractivity contribution is 5.92. The minimum absolute atomic E-state index is 0. The number of benzene rings is 1. The van der Waals surface area contributed by atoms with E-state index in [0.29, 0.717) is 6.54 Å². The van der Waals surface area contributed by atoms with E-state index in [1.165, 1.54) is 0 Å². The lowest BCUT2D eigenvalue weighted by molar-refractivity contribution is 0.538. The van der Waals surface area contributed by atoms with Gasteiger partial charge in [0.05, 0.1) is 6.54 Å². The molecule has 0 bridgehead atoms. The Balaban J connectivity index is 0.00000144. The van der Waals surface area contributed by atoms with E-state index in [4.69, 9.17) is 16.9 Å². The van der Waals surface area contributed by atoms with Crippen LogP contribution in [0.4, 0.5) is 0 Å². The molecule has 0 fully saturated rings. The summed E-state index contributed by atoms with van der Waals surface area (Å²) in [6.45, 7) is 0.613. The summed E-state index contributed by atoms with van der Waals surface area (Å²) in [6, 6.07) is 8.02. The third kappa shape index (κ3) is 2.98. The van der Waals surface area contributed by atoms with Crippen LogP contribution in [0.1, 0.15) is 11.1 Å². The van der Waals surface area contributed by atoms with E-state index in [9.17, 15) is 0 Å². The van der Waals surface area contributed by atoms with Crippen molar-refractivity contribution in [1.29, 1.82) is 5.41 Å². The average molecular weight is 252 g/mol. The van der Waals surface area contributed by atoms with Gasteiger partial charge in [-0.2, -0.15) is 4.99 Å². The second-order valence-corrected chi connectivity index (χ2v) is 3.50. The summed E-state index contributed by atoms with van der Waals surface area (Å²) >= 11 is 0. The van der Waals surface area contributed by atoms with E-state index in [1.807, 2.05) is 30.3 Å². The lowest BCUT2D eigenvalue weighted by Crippen LogP contribution is -2.30. The van der Waals surface area contributed by atoms with Gasteiger partial charge in [0, 0.05) is 6.20 Å². The second kappa shape index (κ2) is 5.36. The largest absolute Gasteiger partial charge is 0.370 e. The van der Waals surface area contributed by atoms with Crippen LogP contribution in [0.25, 0.3) is 6.08 Å². The van der Waals surface area contributed by atoms with Gasteiger partial charge in [0.25, 0.3) is 0 Å². The van der Waals surface area contributed by atoms with Crippen LogP contribution in [-0.4, -0.2) is 16.8 Å². The van der Waals surface area contributed by atoms with Crippen molar-refractivity contribution < 1.29 is 0 Å². The fourth-order valence-electron chi connectivity index (χ4n) is 1.58. The van der Waals surface area contributed by atoms with E-state index in [0.717, 1.165) is 11.1 Å². The van der Waals surface area contributed by atoms with E-state index in [-0.39, 0.29) is 24.3 Å². The van der Waals surface area contributed by atoms with Crippen molar-refractivity contribution in [1.82, 2.24) is 4.90 Å². The SMILES string of the molecule is Cl.N=C(N=C(N)N)N1C=Cc2ccccc2C1. The summed E-state index contributed by atoms with van der Waals surface area (Å²) in [5, 5.41) is 7.68. The van der Waals surface area contributed by atoms with Gasteiger partial charge < -0.3 is 16.4 Å². The van der Waals surface area contributed by atoms with Crippen molar-refractivity contribution in [3.05, 3.63) is 41.6 Å². The Morgan fingerprint density at radius 1 is 1.29 bits per heavy atom. The molecule has 5 N–H and O–H groups in total. The van der Waals surface area contributed by atoms with Gasteiger partial charge in [-0.05, 0) is 17.2 Å². The van der Waals surface area contributed by atoms with Crippen molar-refractivity contribution in [2.24, 2.45) is 16.5 Å². The monoisotopic (exact) mass is 251 g/mol. The summed E-state index contributed by atoms with van der Waals surface area (Å²) in [5.74, 6) is -0.0528. The van der Waals surface area contributed by atoms with Crippen molar-refractivity contribution in [3.63, 3.8) is 0 Å². The molecule has 1 aliphatic heterocycles. The predicted molar refractivity (Wildman–Crippen MR) is 71.8 cm³/mol. The zero-order valence-corrected chi connectivity index (χ0v) is 9.95. The van der Waals surface area contributed by atoms with Gasteiger partial charge in [0.1, 0.15) is 0 Å². The highest BCUT2D eigenvalue weighted by Crippen LogP contribution is 2.19. The molecule has 0 unspecified atom stereocenters. The van der Waals surface area contributed by atoms with Crippen molar-refractivity contribution in [2.75, 3.05) is 0 Å². The first-order chi connectivity index (χ1) is 7.66. The number of hydrogen-bond donors (Lipinski definition) is 3. The maximum atomic E-state index is 7.68. The van der Waals surface area contributed by atoms with Gasteiger partial charge >= 0.3 is 0 Å². The summed E-state index contributed by atoms with van der Waals surface area (Å²) < 4.78 is 0. The lowest BCUT2D eigenvalue weighted by atomic mass is 10.0. The van der Waals surface area contributed by atoms with Crippen LogP contribution in [0.2, 0.25) is 0 Å². The minimum Gasteiger partial charge on any atom is -0.370 e. The second-order valence-electron chi connectivity index (χ2n) is 3.50.